The summed E-state index contributed by atoms with van der Waals surface area (Å²) in [6.45, 7) is 7.33. The van der Waals surface area contributed by atoms with Crippen LogP contribution >= 0.6 is 0 Å². The maximum Gasteiger partial charge on any atom is 0.414 e. The quantitative estimate of drug-likeness (QED) is 0.0777. The van der Waals surface area contributed by atoms with E-state index in [1.165, 1.54) is 12.1 Å². The lowest BCUT2D eigenvalue weighted by Gasteiger charge is -2.62. The number of hydrogen-bond donors (Lipinski definition) is 3. The van der Waals surface area contributed by atoms with E-state index in [4.69, 9.17) is 9.47 Å². The second-order valence-electron chi connectivity index (χ2n) is 18.7. The lowest BCUT2D eigenvalue weighted by atomic mass is 9.43. The van der Waals surface area contributed by atoms with Crippen LogP contribution in [0.2, 0.25) is 0 Å². The van der Waals surface area contributed by atoms with Crippen molar-refractivity contribution >= 4 is 21.7 Å². The first-order chi connectivity index (χ1) is 28.7. The molecule has 3 aromatic rings. The van der Waals surface area contributed by atoms with Crippen molar-refractivity contribution < 1.29 is 47.2 Å². The molecule has 3 N–H and O–H groups in total. The number of nitrogens with one attached hydrogen (secondary N) is 1. The maximum atomic E-state index is 13.5. The predicted molar refractivity (Wildman–Crippen MR) is 221 cm³/mol. The van der Waals surface area contributed by atoms with Gasteiger partial charge in [-0.1, -0.05) is 69.3 Å². The number of rotatable bonds is 17. The number of unbranched alkanes of at least 4 members (excludes halogenated alkanes) is 2. The van der Waals surface area contributed by atoms with Crippen molar-refractivity contribution in [1.82, 2.24) is 10.5 Å². The minimum atomic E-state index is -4.22. The summed E-state index contributed by atoms with van der Waals surface area (Å²) < 4.78 is 41.7. The van der Waals surface area contributed by atoms with Gasteiger partial charge in [0, 0.05) is 12.8 Å². The Bertz CT molecular complexity index is 2030. The van der Waals surface area contributed by atoms with Crippen LogP contribution in [0, 0.1) is 51.5 Å². The first-order valence-electron chi connectivity index (χ1n) is 22.1. The summed E-state index contributed by atoms with van der Waals surface area (Å²) in [5.74, 6) is 1.30. The van der Waals surface area contributed by atoms with E-state index in [1.54, 1.807) is 18.2 Å². The molecule has 14 heteroatoms. The van der Waals surface area contributed by atoms with Crippen LogP contribution in [0.3, 0.4) is 0 Å². The number of carbonyl (C=O) groups excluding carboxylic acids is 2. The topological polar surface area (TPSA) is 192 Å². The Morgan fingerprint density at radius 3 is 2.37 bits per heavy atom. The van der Waals surface area contributed by atoms with Gasteiger partial charge in [0.2, 0.25) is 5.91 Å². The number of aliphatic hydroxyl groups excluding tert-OH is 2. The third-order valence-corrected chi connectivity index (χ3v) is 17.0. The number of hydrogen-bond acceptors (Lipinski definition) is 11. The van der Waals surface area contributed by atoms with Gasteiger partial charge in [0.05, 0.1) is 35.5 Å². The van der Waals surface area contributed by atoms with Crippen LogP contribution in [0.1, 0.15) is 110 Å². The molecule has 4 fully saturated rings. The number of aliphatic hydroxyl groups is 2. The molecule has 1 aromatic heterocycles. The van der Waals surface area contributed by atoms with Crippen molar-refractivity contribution in [3.63, 3.8) is 0 Å². The molecule has 7 rings (SSSR count). The predicted octanol–water partition coefficient (Wildman–Crippen LogP) is 6.37. The first-order valence-corrected chi connectivity index (χ1v) is 23.6. The maximum absolute atomic E-state index is 13.5. The molecule has 0 saturated heterocycles. The lowest BCUT2D eigenvalue weighted by Crippen LogP contribution is -2.58. The van der Waals surface area contributed by atoms with Crippen LogP contribution in [-0.4, -0.2) is 67.1 Å². The summed E-state index contributed by atoms with van der Waals surface area (Å²) in [7, 11) is -4.22. The molecule has 1 unspecified atom stereocenters. The Kier molecular flexibility index (Phi) is 13.6. The monoisotopic (exact) mass is 849 g/mol. The molecule has 13 nitrogen and oxygen atoms in total. The number of amides is 1. The summed E-state index contributed by atoms with van der Waals surface area (Å²) in [6, 6.07) is 16.1. The molecule has 328 valence electrons. The standard InChI is InChI=1S/C46H63N3O10S/c1-30(35-18-19-36-41-37(22-24-46(35,36)3)45(2)23-21-33(50)28-32(45)29-39(41)51)17-20-40(52)47-38(27-31-13-7-4-8-14-31)44(53)58-26-12-6-11-25-57-42-43(49(54)59-48-42)60(55,56)34-15-9-5-10-16-34/h4-5,7-10,13-16,30,32-33,35-39,41,50-51H,6,11-12,17-29H2,1-3H3,(H,47,52)/t30-,32+,33-,35-,36+,37+,38+,39+,41?,45+,46-/m1/s1. The second-order valence-corrected chi connectivity index (χ2v) is 20.6. The highest BCUT2D eigenvalue weighted by molar-refractivity contribution is 7.91. The van der Waals surface area contributed by atoms with Gasteiger partial charge < -0.3 is 30.2 Å². The molecule has 4 aliphatic rings. The average molecular weight is 850 g/mol. The number of fused-ring (bicyclic) bond motifs is 5. The highest BCUT2D eigenvalue weighted by atomic mass is 32.2. The number of sulfone groups is 1. The Morgan fingerprint density at radius 2 is 1.62 bits per heavy atom. The second kappa shape index (κ2) is 18.5. The molecule has 1 amide bonds. The van der Waals surface area contributed by atoms with Gasteiger partial charge in [-0.05, 0) is 146 Å². The fraction of sp³-hybridized carbons (Fsp3) is 0.652. The van der Waals surface area contributed by atoms with Crippen molar-refractivity contribution in [3.05, 3.63) is 71.4 Å². The molecule has 0 spiro atoms. The van der Waals surface area contributed by atoms with Crippen LogP contribution in [0.5, 0.6) is 5.88 Å². The molecule has 0 bridgehead atoms. The number of aromatic nitrogens is 2. The van der Waals surface area contributed by atoms with Gasteiger partial charge in [0.1, 0.15) is 6.04 Å². The van der Waals surface area contributed by atoms with E-state index in [9.17, 15) is 33.4 Å². The zero-order chi connectivity index (χ0) is 42.7. The van der Waals surface area contributed by atoms with Crippen LogP contribution in [0.25, 0.3) is 0 Å². The van der Waals surface area contributed by atoms with E-state index in [2.05, 4.69) is 35.9 Å². The summed E-state index contributed by atoms with van der Waals surface area (Å²) in [4.78, 5) is 26.7. The first kappa shape index (κ1) is 44.1. The molecule has 1 heterocycles. The SMILES string of the molecule is C[C@H](CCC(=O)N[C@@H](Cc1ccccc1)C(=O)OCCCCCOc1no[n+]([O-])c1S(=O)(=O)c1ccccc1)[C@H]1CC[C@H]2C3[C@@H](O)C[C@@H]4C[C@H](O)CC[C@]4(C)[C@H]3CC[C@]12C. The van der Waals surface area contributed by atoms with Gasteiger partial charge in [-0.15, -0.1) is 0 Å². The normalized spacial score (nSPS) is 30.9. The molecule has 60 heavy (non-hydrogen) atoms. The summed E-state index contributed by atoms with van der Waals surface area (Å²) >= 11 is 0. The molecule has 4 saturated carbocycles. The zero-order valence-corrected chi connectivity index (χ0v) is 36.1. The molecule has 4 aliphatic carbocycles. The minimum Gasteiger partial charge on any atom is -0.464 e. The van der Waals surface area contributed by atoms with Gasteiger partial charge in [-0.3, -0.25) is 9.42 Å². The number of benzene rings is 2. The van der Waals surface area contributed by atoms with Gasteiger partial charge in [0.15, 0.2) is 0 Å². The third kappa shape index (κ3) is 9.11. The Morgan fingerprint density at radius 1 is 0.933 bits per heavy atom. The van der Waals surface area contributed by atoms with Crippen LogP contribution in [0.4, 0.5) is 0 Å². The fourth-order valence-electron chi connectivity index (χ4n) is 12.1. The summed E-state index contributed by atoms with van der Waals surface area (Å²) in [6.07, 6.45) is 10.3. The van der Waals surface area contributed by atoms with E-state index in [1.807, 2.05) is 30.3 Å². The zero-order valence-electron chi connectivity index (χ0n) is 35.2. The molecule has 0 radical (unpaired) electrons. The van der Waals surface area contributed by atoms with Crippen LogP contribution in [-0.2, 0) is 30.6 Å². The number of esters is 1. The van der Waals surface area contributed by atoms with E-state index >= 15 is 0 Å². The van der Waals surface area contributed by atoms with Gasteiger partial charge in [0.25, 0.3) is 9.84 Å². The summed E-state index contributed by atoms with van der Waals surface area (Å²) in [5.41, 5.74) is 1.20. The largest absolute Gasteiger partial charge is 0.464 e. The number of ether oxygens (including phenoxy) is 2. The molecule has 0 aliphatic heterocycles. The van der Waals surface area contributed by atoms with Crippen molar-refractivity contribution in [3.8, 4) is 5.88 Å². The average Bonchev–Trinajstić information content (AvgIpc) is 3.79. The Hall–Kier alpha value is -4.01. The van der Waals surface area contributed by atoms with Gasteiger partial charge >= 0.3 is 16.9 Å². The Labute approximate surface area is 354 Å². The highest BCUT2D eigenvalue weighted by Gasteiger charge is 2.62. The smallest absolute Gasteiger partial charge is 0.414 e. The van der Waals surface area contributed by atoms with Crippen molar-refractivity contribution in [2.45, 2.75) is 139 Å². The van der Waals surface area contributed by atoms with Gasteiger partial charge in [-0.2, -0.15) is 0 Å². The minimum absolute atomic E-state index is 0.0538. The summed E-state index contributed by atoms with van der Waals surface area (Å²) in [5, 5.41) is 40.0. The number of nitrogens with zero attached hydrogens (tertiary/aromatic N) is 2. The van der Waals surface area contributed by atoms with E-state index in [0.29, 0.717) is 74.0 Å². The molecular weight excluding hydrogens is 787 g/mol. The van der Waals surface area contributed by atoms with Crippen LogP contribution < -0.4 is 15.0 Å². The lowest BCUT2D eigenvalue weighted by molar-refractivity contribution is -0.832. The number of carbonyl (C=O) groups is 2. The Balaban J connectivity index is 0.879. The van der Waals surface area contributed by atoms with E-state index in [0.717, 1.165) is 56.9 Å². The third-order valence-electron chi connectivity index (χ3n) is 15.3. The molecule has 2 aromatic carbocycles. The van der Waals surface area contributed by atoms with Crippen molar-refractivity contribution in [1.29, 1.82) is 0 Å². The van der Waals surface area contributed by atoms with E-state index < -0.39 is 32.8 Å². The highest BCUT2D eigenvalue weighted by Crippen LogP contribution is 2.68. The van der Waals surface area contributed by atoms with Crippen molar-refractivity contribution in [2.75, 3.05) is 13.2 Å². The van der Waals surface area contributed by atoms with Gasteiger partial charge in [-0.25, -0.2) is 13.2 Å². The van der Waals surface area contributed by atoms with Crippen molar-refractivity contribution in [2.24, 2.45) is 46.3 Å². The van der Waals surface area contributed by atoms with E-state index in [-0.39, 0.29) is 52.0 Å². The fourth-order valence-corrected chi connectivity index (χ4v) is 13.4. The van der Waals surface area contributed by atoms with Crippen LogP contribution in [0.15, 0.2) is 75.2 Å². The molecular formula is C46H63N3O10S. The molecule has 11 atom stereocenters.